The fourth-order valence-electron chi connectivity index (χ4n) is 1.55. The summed E-state index contributed by atoms with van der Waals surface area (Å²) in [5, 5.41) is 2.96. The van der Waals surface area contributed by atoms with Gasteiger partial charge in [0, 0.05) is 13.0 Å². The Morgan fingerprint density at radius 1 is 1.24 bits per heavy atom. The van der Waals surface area contributed by atoms with Gasteiger partial charge in [-0.2, -0.15) is 0 Å². The van der Waals surface area contributed by atoms with E-state index < -0.39 is 0 Å². The van der Waals surface area contributed by atoms with E-state index in [0.29, 0.717) is 6.42 Å². The van der Waals surface area contributed by atoms with Gasteiger partial charge in [-0.3, -0.25) is 4.79 Å². The number of carbonyl (C=O) groups excluding carboxylic acids is 1. The van der Waals surface area contributed by atoms with E-state index in [9.17, 15) is 4.79 Å². The lowest BCUT2D eigenvalue weighted by atomic mass is 10.1. The molecule has 0 aromatic heterocycles. The molecule has 0 aliphatic heterocycles. The minimum absolute atomic E-state index is 0.166. The summed E-state index contributed by atoms with van der Waals surface area (Å²) in [6.07, 6.45) is 3.68. The first kappa shape index (κ1) is 14.5. The zero-order chi connectivity index (χ0) is 12.5. The van der Waals surface area contributed by atoms with E-state index in [0.717, 1.165) is 23.8 Å². The van der Waals surface area contributed by atoms with E-state index in [1.54, 1.807) is 0 Å². The maximum Gasteiger partial charge on any atom is 0.220 e. The molecule has 3 heteroatoms. The Bertz CT molecular complexity index is 335. The highest BCUT2D eigenvalue weighted by molar-refractivity contribution is 14.1. The first-order valence-electron chi connectivity index (χ1n) is 6.10. The third-order valence-electron chi connectivity index (χ3n) is 2.64. The maximum atomic E-state index is 11.5. The molecule has 0 aliphatic carbocycles. The lowest BCUT2D eigenvalue weighted by molar-refractivity contribution is -0.121. The normalized spacial score (nSPS) is 10.2. The maximum absolute atomic E-state index is 11.5. The van der Waals surface area contributed by atoms with Crippen molar-refractivity contribution < 1.29 is 4.79 Å². The highest BCUT2D eigenvalue weighted by Crippen LogP contribution is 2.05. The fraction of sp³-hybridized carbons (Fsp3) is 0.500. The Balaban J connectivity index is 2.17. The van der Waals surface area contributed by atoms with Crippen molar-refractivity contribution in [3.63, 3.8) is 0 Å². The van der Waals surface area contributed by atoms with Crippen molar-refractivity contribution in [1.29, 1.82) is 0 Å². The molecule has 0 radical (unpaired) electrons. The third kappa shape index (κ3) is 6.66. The van der Waals surface area contributed by atoms with Gasteiger partial charge in [0.25, 0.3) is 0 Å². The molecule has 0 bridgehead atoms. The Labute approximate surface area is 117 Å². The number of unbranched alkanes of at least 4 members (excludes halogenated alkanes) is 1. The second kappa shape index (κ2) is 8.50. The fourth-order valence-corrected chi connectivity index (χ4v) is 2.09. The first-order valence-corrected chi connectivity index (χ1v) is 7.63. The Hall–Kier alpha value is -0.580. The standard InChI is InChI=1S/C14H20INO/c1-12-4-6-13(7-5-12)8-9-14(17)16-11-3-2-10-15/h4-7H,2-3,8-11H2,1H3,(H,16,17). The van der Waals surface area contributed by atoms with Gasteiger partial charge in [0.15, 0.2) is 0 Å². The van der Waals surface area contributed by atoms with Gasteiger partial charge >= 0.3 is 0 Å². The minimum atomic E-state index is 0.166. The zero-order valence-corrected chi connectivity index (χ0v) is 12.5. The van der Waals surface area contributed by atoms with Crippen LogP contribution in [0.1, 0.15) is 30.4 Å². The van der Waals surface area contributed by atoms with Crippen LogP contribution >= 0.6 is 22.6 Å². The van der Waals surface area contributed by atoms with Gasteiger partial charge in [0.2, 0.25) is 5.91 Å². The van der Waals surface area contributed by atoms with Crippen LogP contribution in [0.15, 0.2) is 24.3 Å². The second-order valence-corrected chi connectivity index (χ2v) is 5.31. The molecular weight excluding hydrogens is 325 g/mol. The van der Waals surface area contributed by atoms with Crippen LogP contribution in [0.5, 0.6) is 0 Å². The van der Waals surface area contributed by atoms with Gasteiger partial charge < -0.3 is 5.32 Å². The quantitative estimate of drug-likeness (QED) is 0.459. The van der Waals surface area contributed by atoms with Crippen LogP contribution in [0.4, 0.5) is 0 Å². The number of alkyl halides is 1. The molecule has 94 valence electrons. The summed E-state index contributed by atoms with van der Waals surface area (Å²) in [6, 6.07) is 8.37. The Kier molecular flexibility index (Phi) is 7.24. The number of hydrogen-bond donors (Lipinski definition) is 1. The van der Waals surface area contributed by atoms with Crippen molar-refractivity contribution in [3.8, 4) is 0 Å². The summed E-state index contributed by atoms with van der Waals surface area (Å²) in [7, 11) is 0. The molecule has 0 aliphatic rings. The van der Waals surface area contributed by atoms with Crippen molar-refractivity contribution in [2.75, 3.05) is 11.0 Å². The summed E-state index contributed by atoms with van der Waals surface area (Å²) in [4.78, 5) is 11.5. The van der Waals surface area contributed by atoms with Gasteiger partial charge in [-0.05, 0) is 36.2 Å². The monoisotopic (exact) mass is 345 g/mol. The molecule has 0 heterocycles. The number of benzene rings is 1. The predicted octanol–water partition coefficient (Wildman–Crippen LogP) is 3.26. The Morgan fingerprint density at radius 2 is 1.94 bits per heavy atom. The summed E-state index contributed by atoms with van der Waals surface area (Å²) in [6.45, 7) is 2.89. The van der Waals surface area contributed by atoms with E-state index in [2.05, 4.69) is 59.1 Å². The molecule has 0 fully saturated rings. The zero-order valence-electron chi connectivity index (χ0n) is 10.3. The molecule has 0 saturated heterocycles. The molecule has 1 aromatic rings. The third-order valence-corrected chi connectivity index (χ3v) is 3.41. The number of amides is 1. The van der Waals surface area contributed by atoms with Gasteiger partial charge in [0.05, 0.1) is 0 Å². The predicted molar refractivity (Wildman–Crippen MR) is 80.6 cm³/mol. The molecular formula is C14H20INO. The van der Waals surface area contributed by atoms with E-state index >= 15 is 0 Å². The van der Waals surface area contributed by atoms with E-state index in [4.69, 9.17) is 0 Å². The van der Waals surface area contributed by atoms with Crippen LogP contribution in [0.3, 0.4) is 0 Å². The van der Waals surface area contributed by atoms with Crippen LogP contribution in [0.25, 0.3) is 0 Å². The summed E-state index contributed by atoms with van der Waals surface area (Å²) in [5.74, 6) is 0.166. The summed E-state index contributed by atoms with van der Waals surface area (Å²) in [5.41, 5.74) is 2.50. The van der Waals surface area contributed by atoms with E-state index in [1.807, 2.05) is 0 Å². The molecule has 17 heavy (non-hydrogen) atoms. The summed E-state index contributed by atoms with van der Waals surface area (Å²) >= 11 is 2.36. The van der Waals surface area contributed by atoms with Crippen molar-refractivity contribution >= 4 is 28.5 Å². The number of halogens is 1. The van der Waals surface area contributed by atoms with Crippen LogP contribution < -0.4 is 5.32 Å². The number of nitrogens with one attached hydrogen (secondary N) is 1. The largest absolute Gasteiger partial charge is 0.356 e. The highest BCUT2D eigenvalue weighted by atomic mass is 127. The van der Waals surface area contributed by atoms with Gasteiger partial charge in [-0.15, -0.1) is 0 Å². The van der Waals surface area contributed by atoms with Gasteiger partial charge in [-0.1, -0.05) is 52.4 Å². The number of rotatable bonds is 7. The number of aryl methyl sites for hydroxylation is 2. The molecule has 0 spiro atoms. The van der Waals surface area contributed by atoms with Gasteiger partial charge in [-0.25, -0.2) is 0 Å². The smallest absolute Gasteiger partial charge is 0.220 e. The summed E-state index contributed by atoms with van der Waals surface area (Å²) < 4.78 is 1.16. The van der Waals surface area contributed by atoms with Crippen molar-refractivity contribution in [1.82, 2.24) is 5.32 Å². The lowest BCUT2D eigenvalue weighted by Crippen LogP contribution is -2.24. The minimum Gasteiger partial charge on any atom is -0.356 e. The van der Waals surface area contributed by atoms with Crippen LogP contribution in [-0.4, -0.2) is 16.9 Å². The van der Waals surface area contributed by atoms with E-state index in [1.165, 1.54) is 17.5 Å². The van der Waals surface area contributed by atoms with Crippen molar-refractivity contribution in [2.45, 2.75) is 32.6 Å². The SMILES string of the molecule is Cc1ccc(CCC(=O)NCCCCI)cc1. The van der Waals surface area contributed by atoms with Crippen LogP contribution in [-0.2, 0) is 11.2 Å². The van der Waals surface area contributed by atoms with Crippen LogP contribution in [0.2, 0.25) is 0 Å². The Morgan fingerprint density at radius 3 is 2.59 bits per heavy atom. The average Bonchev–Trinajstić information content (AvgIpc) is 2.34. The molecule has 1 aromatic carbocycles. The molecule has 0 atom stereocenters. The molecule has 0 unspecified atom stereocenters. The van der Waals surface area contributed by atoms with E-state index in [-0.39, 0.29) is 5.91 Å². The molecule has 0 saturated carbocycles. The highest BCUT2D eigenvalue weighted by Gasteiger charge is 2.01. The topological polar surface area (TPSA) is 29.1 Å². The molecule has 1 amide bonds. The van der Waals surface area contributed by atoms with Crippen molar-refractivity contribution in [3.05, 3.63) is 35.4 Å². The average molecular weight is 345 g/mol. The second-order valence-electron chi connectivity index (χ2n) is 4.23. The first-order chi connectivity index (χ1) is 8.22. The van der Waals surface area contributed by atoms with Crippen molar-refractivity contribution in [2.24, 2.45) is 0 Å². The number of carbonyl (C=O) groups is 1. The van der Waals surface area contributed by atoms with Gasteiger partial charge in [0.1, 0.15) is 0 Å². The number of hydrogen-bond acceptors (Lipinski definition) is 1. The lowest BCUT2D eigenvalue weighted by Gasteiger charge is -2.05. The molecule has 1 rings (SSSR count). The molecule has 1 N–H and O–H groups in total. The van der Waals surface area contributed by atoms with Crippen LogP contribution in [0, 0.1) is 6.92 Å². The molecule has 2 nitrogen and oxygen atoms in total.